The molecule has 2 aromatic rings. The van der Waals surface area contributed by atoms with Crippen molar-refractivity contribution in [2.24, 2.45) is 0 Å². The maximum absolute atomic E-state index is 12.0. The van der Waals surface area contributed by atoms with Gasteiger partial charge in [0.2, 0.25) is 5.91 Å². The molecule has 0 aromatic carbocycles. The summed E-state index contributed by atoms with van der Waals surface area (Å²) in [6.45, 7) is 5.81. The monoisotopic (exact) mass is 293 g/mol. The average Bonchev–Trinajstić information content (AvgIpc) is 2.55. The molecular formula is C13H15N3OS2. The Labute approximate surface area is 120 Å². The smallest absolute Gasteiger partial charge is 0.230 e. The van der Waals surface area contributed by atoms with E-state index in [1.807, 2.05) is 32.9 Å². The molecule has 2 aromatic heterocycles. The molecule has 2 N–H and O–H groups in total. The predicted octanol–water partition coefficient (Wildman–Crippen LogP) is 3.31. The van der Waals surface area contributed by atoms with Crippen LogP contribution in [0.4, 0.5) is 5.82 Å². The molecule has 2 heterocycles. The highest BCUT2D eigenvalue weighted by Crippen LogP contribution is 2.16. The van der Waals surface area contributed by atoms with Crippen LogP contribution in [-0.4, -0.2) is 15.9 Å². The van der Waals surface area contributed by atoms with Crippen LogP contribution in [0.1, 0.15) is 21.8 Å². The number of H-pyrrole nitrogens is 1. The number of hydrogen-bond donors (Lipinski definition) is 2. The van der Waals surface area contributed by atoms with E-state index in [0.717, 1.165) is 21.8 Å². The summed E-state index contributed by atoms with van der Waals surface area (Å²) in [5.74, 6) is 0.519. The third-order valence-electron chi connectivity index (χ3n) is 2.61. The molecule has 0 aliphatic rings. The van der Waals surface area contributed by atoms with E-state index in [1.165, 1.54) is 11.3 Å². The van der Waals surface area contributed by atoms with Crippen molar-refractivity contribution in [2.45, 2.75) is 27.2 Å². The van der Waals surface area contributed by atoms with E-state index < -0.39 is 0 Å². The van der Waals surface area contributed by atoms with Gasteiger partial charge in [0, 0.05) is 16.3 Å². The van der Waals surface area contributed by atoms with E-state index in [4.69, 9.17) is 12.2 Å². The van der Waals surface area contributed by atoms with E-state index in [2.05, 4.69) is 15.3 Å². The fraction of sp³-hybridized carbons (Fsp3) is 0.308. The van der Waals surface area contributed by atoms with Crippen molar-refractivity contribution >= 4 is 35.3 Å². The van der Waals surface area contributed by atoms with E-state index in [9.17, 15) is 4.79 Å². The summed E-state index contributed by atoms with van der Waals surface area (Å²) in [6.07, 6.45) is 0.318. The molecule has 0 saturated carbocycles. The molecule has 2 rings (SSSR count). The van der Waals surface area contributed by atoms with Crippen LogP contribution >= 0.6 is 23.6 Å². The van der Waals surface area contributed by atoms with Crippen LogP contribution in [-0.2, 0) is 11.2 Å². The fourth-order valence-electron chi connectivity index (χ4n) is 1.84. The summed E-state index contributed by atoms with van der Waals surface area (Å²) in [5.41, 5.74) is 2.93. The zero-order valence-corrected chi connectivity index (χ0v) is 12.7. The lowest BCUT2D eigenvalue weighted by Gasteiger charge is -2.06. The Morgan fingerprint density at radius 2 is 2.16 bits per heavy atom. The first kappa shape index (κ1) is 13.9. The lowest BCUT2D eigenvalue weighted by atomic mass is 10.2. The number of carbonyl (C=O) groups is 1. The molecule has 0 fully saturated rings. The number of nitrogens with zero attached hydrogens (tertiary/aromatic N) is 1. The number of aryl methyl sites for hydroxylation is 3. The van der Waals surface area contributed by atoms with Crippen LogP contribution in [0.25, 0.3) is 0 Å². The summed E-state index contributed by atoms with van der Waals surface area (Å²) in [4.78, 5) is 20.3. The molecule has 0 spiro atoms. The lowest BCUT2D eigenvalue weighted by molar-refractivity contribution is -0.115. The van der Waals surface area contributed by atoms with Crippen LogP contribution in [0, 0.1) is 24.7 Å². The number of aromatic nitrogens is 2. The van der Waals surface area contributed by atoms with Crippen LogP contribution in [0.5, 0.6) is 0 Å². The van der Waals surface area contributed by atoms with Crippen LogP contribution in [0.3, 0.4) is 0 Å². The van der Waals surface area contributed by atoms with Gasteiger partial charge in [-0.05, 0) is 50.7 Å². The second-order valence-corrected chi connectivity index (χ2v) is 6.23. The van der Waals surface area contributed by atoms with Gasteiger partial charge in [0.15, 0.2) is 3.95 Å². The number of carbonyl (C=O) groups excluding carboxylic acids is 1. The molecule has 4 nitrogen and oxygen atoms in total. The Morgan fingerprint density at radius 3 is 2.74 bits per heavy atom. The Hall–Kier alpha value is -1.53. The van der Waals surface area contributed by atoms with Gasteiger partial charge in [0.25, 0.3) is 0 Å². The number of thiazole rings is 1. The number of rotatable bonds is 3. The number of pyridine rings is 1. The Balaban J connectivity index is 2.09. The van der Waals surface area contributed by atoms with Gasteiger partial charge in [-0.1, -0.05) is 0 Å². The van der Waals surface area contributed by atoms with Gasteiger partial charge < -0.3 is 10.3 Å². The second kappa shape index (κ2) is 5.63. The van der Waals surface area contributed by atoms with E-state index >= 15 is 0 Å². The van der Waals surface area contributed by atoms with Gasteiger partial charge in [-0.25, -0.2) is 4.98 Å². The zero-order valence-electron chi connectivity index (χ0n) is 11.0. The van der Waals surface area contributed by atoms with Crippen molar-refractivity contribution in [3.8, 4) is 0 Å². The zero-order chi connectivity index (χ0) is 14.0. The quantitative estimate of drug-likeness (QED) is 0.854. The first-order valence-electron chi connectivity index (χ1n) is 5.88. The van der Waals surface area contributed by atoms with Crippen LogP contribution < -0.4 is 5.32 Å². The Morgan fingerprint density at radius 1 is 1.42 bits per heavy atom. The molecule has 0 unspecified atom stereocenters. The lowest BCUT2D eigenvalue weighted by Crippen LogP contribution is -2.15. The molecule has 0 aliphatic carbocycles. The van der Waals surface area contributed by atoms with E-state index in [1.54, 1.807) is 0 Å². The summed E-state index contributed by atoms with van der Waals surface area (Å²) in [6, 6.07) is 3.83. The minimum atomic E-state index is -0.0779. The topological polar surface area (TPSA) is 57.8 Å². The van der Waals surface area contributed by atoms with Crippen molar-refractivity contribution in [1.82, 2.24) is 9.97 Å². The number of anilines is 1. The molecule has 0 atom stereocenters. The maximum Gasteiger partial charge on any atom is 0.230 e. The SMILES string of the molecule is Cc1cc(C)nc(NC(=O)Cc2sc(=S)[nH]c2C)c1. The van der Waals surface area contributed by atoms with Gasteiger partial charge in [0.05, 0.1) is 6.42 Å². The van der Waals surface area contributed by atoms with Gasteiger partial charge >= 0.3 is 0 Å². The van der Waals surface area contributed by atoms with Crippen molar-refractivity contribution in [3.05, 3.63) is 37.9 Å². The summed E-state index contributed by atoms with van der Waals surface area (Å²) < 4.78 is 0.699. The van der Waals surface area contributed by atoms with Gasteiger partial charge in [-0.2, -0.15) is 0 Å². The van der Waals surface area contributed by atoms with Crippen molar-refractivity contribution in [3.63, 3.8) is 0 Å². The predicted molar refractivity (Wildman–Crippen MR) is 80.3 cm³/mol. The molecule has 0 saturated heterocycles. The molecular weight excluding hydrogens is 278 g/mol. The molecule has 100 valence electrons. The standard InChI is InChI=1S/C13H15N3OS2/c1-7-4-8(2)14-11(5-7)16-12(17)6-10-9(3)15-13(18)19-10/h4-5H,6H2,1-3H3,(H,15,18)(H,14,16,17). The van der Waals surface area contributed by atoms with Crippen LogP contribution in [0.15, 0.2) is 12.1 Å². The minimum Gasteiger partial charge on any atom is -0.341 e. The van der Waals surface area contributed by atoms with Gasteiger partial charge in [-0.15, -0.1) is 11.3 Å². The Kier molecular flexibility index (Phi) is 4.11. The fourth-order valence-corrected chi connectivity index (χ4v) is 3.13. The summed E-state index contributed by atoms with van der Waals surface area (Å²) in [7, 11) is 0. The van der Waals surface area contributed by atoms with Crippen molar-refractivity contribution < 1.29 is 4.79 Å². The molecule has 0 radical (unpaired) electrons. The number of aromatic amines is 1. The third kappa shape index (κ3) is 3.71. The second-order valence-electron chi connectivity index (χ2n) is 4.46. The maximum atomic E-state index is 12.0. The molecule has 0 bridgehead atoms. The summed E-state index contributed by atoms with van der Waals surface area (Å²) in [5, 5.41) is 2.82. The van der Waals surface area contributed by atoms with Crippen molar-refractivity contribution in [1.29, 1.82) is 0 Å². The minimum absolute atomic E-state index is 0.0779. The number of amides is 1. The highest BCUT2D eigenvalue weighted by molar-refractivity contribution is 7.73. The molecule has 6 heteroatoms. The first-order valence-corrected chi connectivity index (χ1v) is 7.10. The third-order valence-corrected chi connectivity index (χ3v) is 3.95. The Bertz CT molecular complexity index is 653. The van der Waals surface area contributed by atoms with Gasteiger partial charge in [-0.3, -0.25) is 4.79 Å². The number of hydrogen-bond acceptors (Lipinski definition) is 4. The van der Waals surface area contributed by atoms with Crippen molar-refractivity contribution in [2.75, 3.05) is 5.32 Å². The molecule has 19 heavy (non-hydrogen) atoms. The van der Waals surface area contributed by atoms with Crippen LogP contribution in [0.2, 0.25) is 0 Å². The van der Waals surface area contributed by atoms with E-state index in [-0.39, 0.29) is 5.91 Å². The molecule has 1 amide bonds. The highest BCUT2D eigenvalue weighted by Gasteiger charge is 2.10. The largest absolute Gasteiger partial charge is 0.341 e. The highest BCUT2D eigenvalue weighted by atomic mass is 32.1. The average molecular weight is 293 g/mol. The number of nitrogens with one attached hydrogen (secondary N) is 2. The van der Waals surface area contributed by atoms with E-state index in [0.29, 0.717) is 16.2 Å². The first-order chi connectivity index (χ1) is 8.94. The summed E-state index contributed by atoms with van der Waals surface area (Å²) >= 11 is 6.49. The normalized spacial score (nSPS) is 10.5. The van der Waals surface area contributed by atoms with Gasteiger partial charge in [0.1, 0.15) is 5.82 Å². The molecule has 0 aliphatic heterocycles.